The Hall–Kier alpha value is -2.21. The van der Waals surface area contributed by atoms with E-state index in [0.29, 0.717) is 6.54 Å². The molecule has 0 radical (unpaired) electrons. The summed E-state index contributed by atoms with van der Waals surface area (Å²) in [5.41, 5.74) is 2.40. The molecule has 1 unspecified atom stereocenters. The molecule has 2 aromatic rings. The number of rotatable bonds is 3. The second-order valence-corrected chi connectivity index (χ2v) is 6.51. The van der Waals surface area contributed by atoms with Crippen molar-refractivity contribution in [2.75, 3.05) is 44.2 Å². The maximum atomic E-state index is 12.3. The number of hydrogen-bond acceptors (Lipinski definition) is 3. The number of piperazine rings is 1. The minimum Gasteiger partial charge on any atom is -0.376 e. The lowest BCUT2D eigenvalue weighted by atomic mass is 10.2. The smallest absolute Gasteiger partial charge is 0.317 e. The zero-order chi connectivity index (χ0) is 16.4. The van der Waals surface area contributed by atoms with Crippen molar-refractivity contribution in [1.29, 1.82) is 0 Å². The van der Waals surface area contributed by atoms with Crippen molar-refractivity contribution in [3.8, 4) is 0 Å². The van der Waals surface area contributed by atoms with Crippen LogP contribution in [-0.4, -0.2) is 61.3 Å². The number of benzene rings is 1. The van der Waals surface area contributed by atoms with Gasteiger partial charge in [0.15, 0.2) is 0 Å². The van der Waals surface area contributed by atoms with Gasteiger partial charge in [0.1, 0.15) is 0 Å². The van der Waals surface area contributed by atoms with Crippen molar-refractivity contribution in [2.24, 2.45) is 0 Å². The van der Waals surface area contributed by atoms with E-state index in [9.17, 15) is 4.79 Å². The van der Waals surface area contributed by atoms with Gasteiger partial charge in [0, 0.05) is 62.1 Å². The molecule has 1 atom stereocenters. The van der Waals surface area contributed by atoms with E-state index in [2.05, 4.69) is 39.5 Å². The average molecular weight is 328 g/mol. The van der Waals surface area contributed by atoms with Crippen molar-refractivity contribution in [2.45, 2.75) is 18.9 Å². The molecule has 2 amide bonds. The number of urea groups is 1. The number of ether oxygens (including phenoxy) is 1. The molecule has 0 saturated carbocycles. The van der Waals surface area contributed by atoms with Crippen LogP contribution in [-0.2, 0) is 4.74 Å². The first-order valence-electron chi connectivity index (χ1n) is 8.77. The largest absolute Gasteiger partial charge is 0.376 e. The Morgan fingerprint density at radius 3 is 2.92 bits per heavy atom. The molecule has 0 spiro atoms. The predicted molar refractivity (Wildman–Crippen MR) is 94.5 cm³/mol. The van der Waals surface area contributed by atoms with Crippen LogP contribution in [0.5, 0.6) is 0 Å². The van der Waals surface area contributed by atoms with Crippen LogP contribution in [0.2, 0.25) is 0 Å². The van der Waals surface area contributed by atoms with E-state index in [-0.39, 0.29) is 12.1 Å². The maximum absolute atomic E-state index is 12.3. The number of H-pyrrole nitrogens is 1. The number of nitrogens with zero attached hydrogens (tertiary/aromatic N) is 2. The molecule has 4 rings (SSSR count). The summed E-state index contributed by atoms with van der Waals surface area (Å²) in [5, 5.41) is 4.26. The number of carbonyl (C=O) groups excluding carboxylic acids is 1. The SMILES string of the molecule is O=C(NCC1CCCO1)N1CCN(c2cccc3[nH]ccc23)CC1. The minimum atomic E-state index is 0.0324. The molecule has 1 aromatic carbocycles. The number of amides is 2. The third-order valence-electron chi connectivity index (χ3n) is 4.98. The highest BCUT2D eigenvalue weighted by Gasteiger charge is 2.23. The van der Waals surface area contributed by atoms with Crippen LogP contribution in [0.25, 0.3) is 10.9 Å². The van der Waals surface area contributed by atoms with Gasteiger partial charge in [-0.2, -0.15) is 0 Å². The lowest BCUT2D eigenvalue weighted by Gasteiger charge is -2.36. The van der Waals surface area contributed by atoms with Crippen LogP contribution in [0.4, 0.5) is 10.5 Å². The second-order valence-electron chi connectivity index (χ2n) is 6.51. The molecule has 0 bridgehead atoms. The molecule has 1 aromatic heterocycles. The summed E-state index contributed by atoms with van der Waals surface area (Å²) < 4.78 is 5.55. The summed E-state index contributed by atoms with van der Waals surface area (Å²) >= 11 is 0. The van der Waals surface area contributed by atoms with Crippen LogP contribution < -0.4 is 10.2 Å². The van der Waals surface area contributed by atoms with Crippen LogP contribution in [0, 0.1) is 0 Å². The zero-order valence-electron chi connectivity index (χ0n) is 13.8. The first-order chi connectivity index (χ1) is 11.8. The van der Waals surface area contributed by atoms with E-state index in [0.717, 1.165) is 51.1 Å². The van der Waals surface area contributed by atoms with Gasteiger partial charge < -0.3 is 24.8 Å². The van der Waals surface area contributed by atoms with Gasteiger partial charge in [-0.25, -0.2) is 4.79 Å². The van der Waals surface area contributed by atoms with Gasteiger partial charge in [0.25, 0.3) is 0 Å². The summed E-state index contributed by atoms with van der Waals surface area (Å²) in [6, 6.07) is 8.47. The molecule has 2 fully saturated rings. The highest BCUT2D eigenvalue weighted by atomic mass is 16.5. The highest BCUT2D eigenvalue weighted by molar-refractivity contribution is 5.92. The average Bonchev–Trinajstić information content (AvgIpc) is 3.31. The molecule has 2 aliphatic heterocycles. The first-order valence-corrected chi connectivity index (χ1v) is 8.77. The van der Waals surface area contributed by atoms with E-state index >= 15 is 0 Å². The lowest BCUT2D eigenvalue weighted by Crippen LogP contribution is -2.52. The Labute approximate surface area is 141 Å². The topological polar surface area (TPSA) is 60.6 Å². The number of carbonyl (C=O) groups is 1. The summed E-state index contributed by atoms with van der Waals surface area (Å²) in [4.78, 5) is 19.8. The predicted octanol–water partition coefficient (Wildman–Crippen LogP) is 2.18. The van der Waals surface area contributed by atoms with E-state index in [4.69, 9.17) is 4.74 Å². The number of anilines is 1. The van der Waals surface area contributed by atoms with Crippen molar-refractivity contribution in [3.63, 3.8) is 0 Å². The van der Waals surface area contributed by atoms with Crippen LogP contribution in [0.3, 0.4) is 0 Å². The van der Waals surface area contributed by atoms with Crippen molar-refractivity contribution >= 4 is 22.6 Å². The number of hydrogen-bond donors (Lipinski definition) is 2. The van der Waals surface area contributed by atoms with Gasteiger partial charge in [-0.15, -0.1) is 0 Å². The quantitative estimate of drug-likeness (QED) is 0.908. The molecule has 6 nitrogen and oxygen atoms in total. The molecular formula is C18H24N4O2. The second kappa shape index (κ2) is 6.73. The Balaban J connectivity index is 1.33. The molecule has 6 heteroatoms. The molecule has 0 aliphatic carbocycles. The Kier molecular flexibility index (Phi) is 4.30. The third kappa shape index (κ3) is 3.06. The monoisotopic (exact) mass is 328 g/mol. The van der Waals surface area contributed by atoms with Crippen molar-refractivity contribution in [1.82, 2.24) is 15.2 Å². The number of fused-ring (bicyclic) bond motifs is 1. The standard InChI is InChI=1S/C18H24N4O2/c23-18(20-13-14-3-2-12-24-14)22-10-8-21(9-11-22)17-5-1-4-16-15(17)6-7-19-16/h1,4-7,14,19H,2-3,8-13H2,(H,20,23). The van der Waals surface area contributed by atoms with Gasteiger partial charge in [-0.05, 0) is 31.0 Å². The lowest BCUT2D eigenvalue weighted by molar-refractivity contribution is 0.108. The fourth-order valence-electron chi connectivity index (χ4n) is 3.61. The van der Waals surface area contributed by atoms with Gasteiger partial charge >= 0.3 is 6.03 Å². The van der Waals surface area contributed by atoms with Gasteiger partial charge in [-0.3, -0.25) is 0 Å². The molecule has 128 valence electrons. The van der Waals surface area contributed by atoms with Gasteiger partial charge in [0.05, 0.1) is 6.10 Å². The molecule has 2 aliphatic rings. The molecular weight excluding hydrogens is 304 g/mol. The van der Waals surface area contributed by atoms with Crippen molar-refractivity contribution in [3.05, 3.63) is 30.5 Å². The summed E-state index contributed by atoms with van der Waals surface area (Å²) in [6.07, 6.45) is 4.32. The summed E-state index contributed by atoms with van der Waals surface area (Å²) in [7, 11) is 0. The number of nitrogens with one attached hydrogen (secondary N) is 2. The van der Waals surface area contributed by atoms with Gasteiger partial charge in [-0.1, -0.05) is 6.07 Å². The number of aromatic nitrogens is 1. The number of aromatic amines is 1. The Bertz CT molecular complexity index is 700. The Morgan fingerprint density at radius 1 is 1.25 bits per heavy atom. The van der Waals surface area contributed by atoms with E-state index in [1.165, 1.54) is 11.1 Å². The van der Waals surface area contributed by atoms with Crippen LogP contribution in [0.1, 0.15) is 12.8 Å². The third-order valence-corrected chi connectivity index (χ3v) is 4.98. The summed E-state index contributed by atoms with van der Waals surface area (Å²) in [5.74, 6) is 0. The molecule has 2 saturated heterocycles. The van der Waals surface area contributed by atoms with Crippen LogP contribution in [0.15, 0.2) is 30.5 Å². The molecule has 24 heavy (non-hydrogen) atoms. The van der Waals surface area contributed by atoms with Crippen LogP contribution >= 0.6 is 0 Å². The van der Waals surface area contributed by atoms with E-state index in [1.54, 1.807) is 0 Å². The van der Waals surface area contributed by atoms with Crippen molar-refractivity contribution < 1.29 is 9.53 Å². The fraction of sp³-hybridized carbons (Fsp3) is 0.500. The van der Waals surface area contributed by atoms with E-state index in [1.807, 2.05) is 11.1 Å². The molecule has 3 heterocycles. The fourth-order valence-corrected chi connectivity index (χ4v) is 3.61. The highest BCUT2D eigenvalue weighted by Crippen LogP contribution is 2.26. The maximum Gasteiger partial charge on any atom is 0.317 e. The molecule has 2 N–H and O–H groups in total. The summed E-state index contributed by atoms with van der Waals surface area (Å²) in [6.45, 7) is 4.66. The van der Waals surface area contributed by atoms with Gasteiger partial charge in [0.2, 0.25) is 0 Å². The zero-order valence-corrected chi connectivity index (χ0v) is 13.8. The van der Waals surface area contributed by atoms with E-state index < -0.39 is 0 Å². The first kappa shape index (κ1) is 15.3. The minimum absolute atomic E-state index is 0.0324. The normalized spacial score (nSPS) is 21.4. The Morgan fingerprint density at radius 2 is 2.12 bits per heavy atom.